The Morgan fingerprint density at radius 1 is 0.636 bits per heavy atom. The number of nitrogens with zero attached hydrogens (tertiary/aromatic N) is 2. The molecule has 0 fully saturated rings. The summed E-state index contributed by atoms with van der Waals surface area (Å²) in [6.07, 6.45) is 21.1. The molecule has 0 bridgehead atoms. The molecule has 0 aromatic rings. The van der Waals surface area contributed by atoms with Crippen LogP contribution in [0.4, 0.5) is 0 Å². The lowest BCUT2D eigenvalue weighted by atomic mass is 10.0. The fourth-order valence-electron chi connectivity index (χ4n) is 2.84. The van der Waals surface area contributed by atoms with Crippen molar-refractivity contribution < 1.29 is 10.1 Å². The van der Waals surface area contributed by atoms with E-state index in [0.29, 0.717) is 11.4 Å². The van der Waals surface area contributed by atoms with Crippen molar-refractivity contribution in [3.05, 3.63) is 5.21 Å². The fourth-order valence-corrected chi connectivity index (χ4v) is 2.84. The van der Waals surface area contributed by atoms with Crippen LogP contribution in [0.15, 0.2) is 5.28 Å². The number of rotatable bonds is 17. The van der Waals surface area contributed by atoms with Crippen molar-refractivity contribution >= 4 is 0 Å². The largest absolute Gasteiger partial charge is 0.597 e. The molecular formula is C18H38N2O2. The van der Waals surface area contributed by atoms with E-state index >= 15 is 0 Å². The molecular weight excluding hydrogens is 276 g/mol. The summed E-state index contributed by atoms with van der Waals surface area (Å²) in [5, 5.41) is 21.4. The first kappa shape index (κ1) is 21.2. The first-order valence-corrected chi connectivity index (χ1v) is 9.61. The number of unbranched alkanes of at least 4 members (excludes halogenated alkanes) is 15. The van der Waals surface area contributed by atoms with E-state index in [9.17, 15) is 5.21 Å². The molecule has 0 radical (unpaired) electrons. The summed E-state index contributed by atoms with van der Waals surface area (Å²) in [7, 11) is 0. The van der Waals surface area contributed by atoms with Crippen LogP contribution in [0, 0.1) is 5.21 Å². The average Bonchev–Trinajstić information content (AvgIpc) is 2.54. The molecule has 0 rings (SSSR count). The molecule has 0 aromatic heterocycles. The summed E-state index contributed by atoms with van der Waals surface area (Å²) < 4.78 is 0. The molecule has 0 unspecified atom stereocenters. The van der Waals surface area contributed by atoms with Gasteiger partial charge in [-0.3, -0.25) is 0 Å². The number of hydroxylamine groups is 1. The van der Waals surface area contributed by atoms with Crippen LogP contribution >= 0.6 is 0 Å². The van der Waals surface area contributed by atoms with E-state index < -0.39 is 0 Å². The summed E-state index contributed by atoms with van der Waals surface area (Å²) >= 11 is 0. The second kappa shape index (κ2) is 18.2. The zero-order valence-corrected chi connectivity index (χ0v) is 14.8. The van der Waals surface area contributed by atoms with E-state index in [1.165, 1.54) is 89.9 Å². The van der Waals surface area contributed by atoms with Gasteiger partial charge in [-0.25, -0.2) is 0 Å². The monoisotopic (exact) mass is 314 g/mol. The Morgan fingerprint density at radius 2 is 0.955 bits per heavy atom. The molecule has 0 spiro atoms. The quantitative estimate of drug-likeness (QED) is 0.142. The fraction of sp³-hybridized carbons (Fsp3) is 1.00. The van der Waals surface area contributed by atoms with E-state index in [2.05, 4.69) is 12.2 Å². The number of hydrogen-bond donors (Lipinski definition) is 1. The van der Waals surface area contributed by atoms with Gasteiger partial charge in [0.15, 0.2) is 11.8 Å². The van der Waals surface area contributed by atoms with Gasteiger partial charge in [-0.15, -0.1) is 0 Å². The normalized spacial score (nSPS) is 12.0. The lowest BCUT2D eigenvalue weighted by molar-refractivity contribution is -0.556. The van der Waals surface area contributed by atoms with Crippen LogP contribution in [0.25, 0.3) is 0 Å². The van der Waals surface area contributed by atoms with E-state index in [-0.39, 0.29) is 0 Å². The Morgan fingerprint density at radius 3 is 1.27 bits per heavy atom. The Bertz CT molecular complexity index is 245. The molecule has 0 aliphatic carbocycles. The topological polar surface area (TPSA) is 58.7 Å². The van der Waals surface area contributed by atoms with Crippen molar-refractivity contribution in [3.8, 4) is 0 Å². The maximum atomic E-state index is 10.7. The maximum Gasteiger partial charge on any atom is 0.197 e. The summed E-state index contributed by atoms with van der Waals surface area (Å²) in [5.41, 5.74) is 0. The molecule has 0 saturated carbocycles. The van der Waals surface area contributed by atoms with Crippen molar-refractivity contribution in [3.63, 3.8) is 0 Å². The zero-order valence-electron chi connectivity index (χ0n) is 14.8. The SMILES string of the molecule is CCCCCCCCCCCCCCCCCC[N+]([O-])=NO. The molecule has 0 amide bonds. The lowest BCUT2D eigenvalue weighted by Gasteiger charge is -2.03. The first-order valence-electron chi connectivity index (χ1n) is 9.61. The molecule has 0 aliphatic rings. The average molecular weight is 315 g/mol. The molecule has 1 N–H and O–H groups in total. The predicted molar refractivity (Wildman–Crippen MR) is 92.3 cm³/mol. The van der Waals surface area contributed by atoms with E-state index in [1.807, 2.05) is 0 Å². The van der Waals surface area contributed by atoms with Crippen LogP contribution in [-0.4, -0.2) is 16.6 Å². The molecule has 4 nitrogen and oxygen atoms in total. The van der Waals surface area contributed by atoms with Gasteiger partial charge in [0.1, 0.15) is 0 Å². The van der Waals surface area contributed by atoms with Gasteiger partial charge in [0.25, 0.3) is 0 Å². The van der Waals surface area contributed by atoms with E-state index in [1.54, 1.807) is 0 Å². The van der Waals surface area contributed by atoms with Crippen molar-refractivity contribution in [2.24, 2.45) is 5.28 Å². The highest BCUT2D eigenvalue weighted by molar-refractivity contribution is 4.49. The predicted octanol–water partition coefficient (Wildman–Crippen LogP) is 6.60. The minimum absolute atomic E-state index is 0.314. The van der Waals surface area contributed by atoms with Crippen molar-refractivity contribution in [2.45, 2.75) is 110 Å². The standard InChI is InChI=1S/C18H38N2O2/c1-2-3-4-5-6-7-8-9-10-11-12-13-14-15-16-17-18-20(22)19-21/h21H,2-18H2,1H3. The zero-order chi connectivity index (χ0) is 16.3. The second-order valence-electron chi connectivity index (χ2n) is 6.47. The molecule has 4 heteroatoms. The van der Waals surface area contributed by atoms with Gasteiger partial charge in [-0.2, -0.15) is 0 Å². The van der Waals surface area contributed by atoms with Crippen LogP contribution in [0.2, 0.25) is 0 Å². The van der Waals surface area contributed by atoms with Gasteiger partial charge in [-0.05, 0) is 6.42 Å². The first-order chi connectivity index (χ1) is 10.8. The highest BCUT2D eigenvalue weighted by Gasteiger charge is 1.97. The van der Waals surface area contributed by atoms with Gasteiger partial charge >= 0.3 is 0 Å². The smallest absolute Gasteiger partial charge is 0.197 e. The lowest BCUT2D eigenvalue weighted by Crippen LogP contribution is -2.01. The third-order valence-electron chi connectivity index (χ3n) is 4.30. The summed E-state index contributed by atoms with van der Waals surface area (Å²) in [6, 6.07) is 0. The van der Waals surface area contributed by atoms with Gasteiger partial charge in [-0.1, -0.05) is 102 Å². The summed E-state index contributed by atoms with van der Waals surface area (Å²) in [5.74, 6) is 0. The van der Waals surface area contributed by atoms with Crippen molar-refractivity contribution in [1.29, 1.82) is 0 Å². The van der Waals surface area contributed by atoms with Crippen LogP contribution in [0.1, 0.15) is 110 Å². The second-order valence-corrected chi connectivity index (χ2v) is 6.47. The minimum Gasteiger partial charge on any atom is -0.597 e. The molecule has 132 valence electrons. The van der Waals surface area contributed by atoms with Gasteiger partial charge in [0.05, 0.1) is 0 Å². The molecule has 0 atom stereocenters. The third kappa shape index (κ3) is 17.3. The van der Waals surface area contributed by atoms with Gasteiger partial charge in [0, 0.05) is 6.42 Å². The van der Waals surface area contributed by atoms with Crippen LogP contribution in [-0.2, 0) is 0 Å². The van der Waals surface area contributed by atoms with Gasteiger partial charge < -0.3 is 10.4 Å². The summed E-state index contributed by atoms with van der Waals surface area (Å²) in [4.78, 5) is 0.351. The molecule has 0 aromatic carbocycles. The Hall–Kier alpha value is -0.800. The highest BCUT2D eigenvalue weighted by Crippen LogP contribution is 2.13. The van der Waals surface area contributed by atoms with E-state index in [0.717, 1.165) is 12.8 Å². The van der Waals surface area contributed by atoms with Gasteiger partial charge in [0.2, 0.25) is 0 Å². The molecule has 0 saturated heterocycles. The van der Waals surface area contributed by atoms with Crippen molar-refractivity contribution in [1.82, 2.24) is 0 Å². The van der Waals surface area contributed by atoms with Crippen molar-refractivity contribution in [2.75, 3.05) is 6.54 Å². The Balaban J connectivity index is 3.00. The molecule has 0 aliphatic heterocycles. The number of hydrogen-bond acceptors (Lipinski definition) is 2. The maximum absolute atomic E-state index is 10.7. The molecule has 22 heavy (non-hydrogen) atoms. The minimum atomic E-state index is 0.314. The Kier molecular flexibility index (Phi) is 17.6. The summed E-state index contributed by atoms with van der Waals surface area (Å²) in [6.45, 7) is 2.59. The van der Waals surface area contributed by atoms with E-state index in [4.69, 9.17) is 5.21 Å². The van der Waals surface area contributed by atoms with Crippen LogP contribution in [0.5, 0.6) is 0 Å². The highest BCUT2D eigenvalue weighted by atomic mass is 16.6. The van der Waals surface area contributed by atoms with Crippen LogP contribution < -0.4 is 0 Å². The van der Waals surface area contributed by atoms with Crippen LogP contribution in [0.3, 0.4) is 0 Å². The Labute approximate surface area is 137 Å². The molecule has 0 heterocycles. The third-order valence-corrected chi connectivity index (χ3v) is 4.30.